The van der Waals surface area contributed by atoms with Crippen molar-refractivity contribution in [2.24, 2.45) is 5.41 Å². The van der Waals surface area contributed by atoms with Gasteiger partial charge < -0.3 is 4.74 Å². The Morgan fingerprint density at radius 3 is 2.53 bits per heavy atom. The van der Waals surface area contributed by atoms with E-state index in [1.54, 1.807) is 11.0 Å². The summed E-state index contributed by atoms with van der Waals surface area (Å²) in [5.74, 6) is 0. The average Bonchev–Trinajstić information content (AvgIpc) is 2.33. The van der Waals surface area contributed by atoms with Crippen molar-refractivity contribution in [3.63, 3.8) is 0 Å². The van der Waals surface area contributed by atoms with E-state index in [-0.39, 0.29) is 17.6 Å². The number of cyclic esters (lactones) is 1. The highest BCUT2D eigenvalue weighted by Gasteiger charge is 2.45. The molecule has 0 bridgehead atoms. The third-order valence-corrected chi connectivity index (χ3v) is 2.78. The Hall–Kier alpha value is -1.25. The third-order valence-electron chi connectivity index (χ3n) is 2.78. The van der Waals surface area contributed by atoms with Crippen LogP contribution < -0.4 is 0 Å². The van der Waals surface area contributed by atoms with Gasteiger partial charge in [-0.1, -0.05) is 39.0 Å². The van der Waals surface area contributed by atoms with Crippen LogP contribution in [0.4, 0.5) is 4.79 Å². The Morgan fingerprint density at radius 2 is 2.06 bits per heavy atom. The molecule has 1 amide bonds. The summed E-state index contributed by atoms with van der Waals surface area (Å²) < 4.78 is 5.33. The van der Waals surface area contributed by atoms with Gasteiger partial charge in [-0.3, -0.25) is 4.90 Å². The second-order valence-electron chi connectivity index (χ2n) is 6.07. The lowest BCUT2D eigenvalue weighted by Gasteiger charge is -2.25. The fourth-order valence-electron chi connectivity index (χ4n) is 1.95. The summed E-state index contributed by atoms with van der Waals surface area (Å²) in [6, 6.07) is -0.0698. The highest BCUT2D eigenvalue weighted by atomic mass is 16.6. The molecule has 0 N–H and O–H groups in total. The number of hydrogen-bond acceptors (Lipinski definition) is 2. The molecule has 0 aromatic rings. The van der Waals surface area contributed by atoms with Crippen molar-refractivity contribution in [1.82, 2.24) is 4.90 Å². The van der Waals surface area contributed by atoms with Crippen molar-refractivity contribution in [2.45, 2.75) is 46.3 Å². The quantitative estimate of drug-likeness (QED) is 0.704. The first-order valence-electron chi connectivity index (χ1n) is 5.97. The molecule has 0 saturated carbocycles. The van der Waals surface area contributed by atoms with Crippen molar-refractivity contribution >= 4 is 6.09 Å². The normalized spacial score (nSPS) is 24.2. The minimum atomic E-state index is -0.492. The molecule has 0 aromatic heterocycles. The molecule has 1 atom stereocenters. The monoisotopic (exact) mass is 237 g/mol. The zero-order valence-electron chi connectivity index (χ0n) is 11.5. The molecule has 0 spiro atoms. The first-order valence-corrected chi connectivity index (χ1v) is 5.97. The van der Waals surface area contributed by atoms with Gasteiger partial charge in [0.05, 0.1) is 6.04 Å². The van der Waals surface area contributed by atoms with E-state index in [4.69, 9.17) is 4.74 Å². The number of allylic oxidation sites excluding steroid dienone is 1. The van der Waals surface area contributed by atoms with Crippen LogP contribution in [0.1, 0.15) is 34.6 Å². The summed E-state index contributed by atoms with van der Waals surface area (Å²) in [4.78, 5) is 13.4. The molecular formula is C14H23NO2. The second-order valence-corrected chi connectivity index (χ2v) is 6.07. The molecule has 3 nitrogen and oxygen atoms in total. The smallest absolute Gasteiger partial charge is 0.411 e. The zero-order chi connectivity index (χ0) is 13.3. The Kier molecular flexibility index (Phi) is 3.70. The Bertz CT molecular complexity index is 337. The first kappa shape index (κ1) is 13.8. The predicted molar refractivity (Wildman–Crippen MR) is 69.8 cm³/mol. The summed E-state index contributed by atoms with van der Waals surface area (Å²) in [6.45, 7) is 14.5. The number of rotatable bonds is 3. The highest BCUT2D eigenvalue weighted by molar-refractivity contribution is 5.72. The lowest BCUT2D eigenvalue weighted by Crippen LogP contribution is -2.39. The lowest BCUT2D eigenvalue weighted by molar-refractivity contribution is 0.0765. The molecule has 1 aliphatic rings. The van der Waals surface area contributed by atoms with E-state index in [1.807, 2.05) is 19.9 Å². The number of nitrogens with zero attached hydrogens (tertiary/aromatic N) is 1. The van der Waals surface area contributed by atoms with Crippen molar-refractivity contribution in [1.29, 1.82) is 0 Å². The second kappa shape index (κ2) is 4.55. The van der Waals surface area contributed by atoms with Crippen LogP contribution in [0.25, 0.3) is 0 Å². The number of carbonyl (C=O) groups is 1. The summed E-state index contributed by atoms with van der Waals surface area (Å²) in [5, 5.41) is 0. The Balaban J connectivity index is 2.74. The van der Waals surface area contributed by atoms with E-state index < -0.39 is 5.60 Å². The largest absolute Gasteiger partial charge is 0.441 e. The summed E-state index contributed by atoms with van der Waals surface area (Å²) in [7, 11) is 0. The number of carbonyl (C=O) groups excluding carboxylic acids is 1. The van der Waals surface area contributed by atoms with Gasteiger partial charge >= 0.3 is 6.09 Å². The van der Waals surface area contributed by atoms with Crippen LogP contribution in [0.2, 0.25) is 0 Å². The zero-order valence-corrected chi connectivity index (χ0v) is 11.5. The van der Waals surface area contributed by atoms with Crippen molar-refractivity contribution in [3.8, 4) is 0 Å². The maximum absolute atomic E-state index is 11.7. The first-order chi connectivity index (χ1) is 7.67. The average molecular weight is 237 g/mol. The maximum atomic E-state index is 11.7. The molecule has 17 heavy (non-hydrogen) atoms. The Morgan fingerprint density at radius 1 is 1.47 bits per heavy atom. The third kappa shape index (κ3) is 3.35. The molecular weight excluding hydrogens is 214 g/mol. The van der Waals surface area contributed by atoms with E-state index >= 15 is 0 Å². The number of ether oxygens (including phenoxy) is 1. The van der Waals surface area contributed by atoms with Crippen LogP contribution in [0.5, 0.6) is 0 Å². The summed E-state index contributed by atoms with van der Waals surface area (Å²) in [5.41, 5.74) is -0.364. The molecule has 96 valence electrons. The van der Waals surface area contributed by atoms with Crippen molar-refractivity contribution < 1.29 is 9.53 Å². The van der Waals surface area contributed by atoms with Gasteiger partial charge in [0.2, 0.25) is 0 Å². The highest BCUT2D eigenvalue weighted by Crippen LogP contribution is 2.30. The van der Waals surface area contributed by atoms with Gasteiger partial charge in [0.1, 0.15) is 5.60 Å². The van der Waals surface area contributed by atoms with Crippen LogP contribution >= 0.6 is 0 Å². The maximum Gasteiger partial charge on any atom is 0.411 e. The van der Waals surface area contributed by atoms with Crippen LogP contribution in [-0.2, 0) is 4.74 Å². The SMILES string of the molecule is C=C[C@@H]1N(C/C=C/C(C)(C)C)C(=O)OC1(C)C. The minimum absolute atomic E-state index is 0.0698. The standard InChI is InChI=1S/C14H23NO2/c1-7-11-14(5,6)17-12(16)15(11)10-8-9-13(2,3)4/h7-9,11H,1,10H2,2-6H3/b9-8+/t11-/m0/s1. The van der Waals surface area contributed by atoms with Gasteiger partial charge in [0.25, 0.3) is 0 Å². The fraction of sp³-hybridized carbons (Fsp3) is 0.643. The van der Waals surface area contributed by atoms with E-state index in [9.17, 15) is 4.79 Å². The molecule has 1 saturated heterocycles. The van der Waals surface area contributed by atoms with E-state index in [2.05, 4.69) is 33.4 Å². The molecule has 0 aliphatic carbocycles. The van der Waals surface area contributed by atoms with Crippen LogP contribution in [-0.4, -0.2) is 29.2 Å². The molecule has 1 heterocycles. The lowest BCUT2D eigenvalue weighted by atomic mass is 9.96. The minimum Gasteiger partial charge on any atom is -0.441 e. The Labute approximate surface area is 104 Å². The molecule has 0 aromatic carbocycles. The molecule has 3 heteroatoms. The summed E-state index contributed by atoms with van der Waals surface area (Å²) in [6.07, 6.45) is 5.62. The number of amides is 1. The van der Waals surface area contributed by atoms with Gasteiger partial charge in [0, 0.05) is 6.54 Å². The molecule has 1 rings (SSSR count). The predicted octanol–water partition coefficient (Wildman–Crippen LogP) is 3.37. The van der Waals surface area contributed by atoms with Crippen molar-refractivity contribution in [2.75, 3.05) is 6.54 Å². The van der Waals surface area contributed by atoms with Gasteiger partial charge in [-0.15, -0.1) is 6.58 Å². The van der Waals surface area contributed by atoms with Crippen LogP contribution in [0.3, 0.4) is 0 Å². The van der Waals surface area contributed by atoms with Gasteiger partial charge in [-0.2, -0.15) is 0 Å². The topological polar surface area (TPSA) is 29.5 Å². The number of hydrogen-bond donors (Lipinski definition) is 0. The van der Waals surface area contributed by atoms with Gasteiger partial charge in [-0.05, 0) is 19.3 Å². The van der Waals surface area contributed by atoms with Gasteiger partial charge in [-0.25, -0.2) is 4.79 Å². The molecule has 0 unspecified atom stereocenters. The van der Waals surface area contributed by atoms with Crippen LogP contribution in [0, 0.1) is 5.41 Å². The van der Waals surface area contributed by atoms with Crippen LogP contribution in [0.15, 0.2) is 24.8 Å². The van der Waals surface area contributed by atoms with E-state index in [1.165, 1.54) is 0 Å². The molecule has 0 radical (unpaired) electrons. The molecule has 1 fully saturated rings. The fourth-order valence-corrected chi connectivity index (χ4v) is 1.95. The summed E-state index contributed by atoms with van der Waals surface area (Å²) >= 11 is 0. The van der Waals surface area contributed by atoms with Gasteiger partial charge in [0.15, 0.2) is 0 Å². The molecule has 1 aliphatic heterocycles. The van der Waals surface area contributed by atoms with E-state index in [0.29, 0.717) is 6.54 Å². The van der Waals surface area contributed by atoms with Crippen molar-refractivity contribution in [3.05, 3.63) is 24.8 Å². The van der Waals surface area contributed by atoms with E-state index in [0.717, 1.165) is 0 Å².